The summed E-state index contributed by atoms with van der Waals surface area (Å²) in [6.07, 6.45) is 2.14. The van der Waals surface area contributed by atoms with Crippen LogP contribution in [-0.2, 0) is 0 Å². The van der Waals surface area contributed by atoms with Gasteiger partial charge in [0, 0.05) is 21.9 Å². The average Bonchev–Trinajstić information content (AvgIpc) is 2.19. The first kappa shape index (κ1) is 12.3. The van der Waals surface area contributed by atoms with Crippen molar-refractivity contribution in [1.82, 2.24) is 5.32 Å². The summed E-state index contributed by atoms with van der Waals surface area (Å²) in [5.41, 5.74) is 1.37. The molecule has 0 aliphatic carbocycles. The van der Waals surface area contributed by atoms with Crippen molar-refractivity contribution in [3.05, 3.63) is 33.4 Å². The minimum Gasteiger partial charge on any atom is -0.309 e. The van der Waals surface area contributed by atoms with Crippen LogP contribution in [0.2, 0.25) is 0 Å². The van der Waals surface area contributed by atoms with Gasteiger partial charge in [-0.15, -0.1) is 0 Å². The molecule has 0 amide bonds. The molecule has 1 atom stereocenters. The van der Waals surface area contributed by atoms with E-state index < -0.39 is 0 Å². The number of hydrogen-bond donors (Lipinski definition) is 1. The van der Waals surface area contributed by atoms with Crippen LogP contribution in [-0.4, -0.2) is 18.6 Å². The van der Waals surface area contributed by atoms with Gasteiger partial charge in [-0.3, -0.25) is 0 Å². The SMILES string of the molecule is CSCCNC(C)c1ccc(I)cc1. The van der Waals surface area contributed by atoms with Crippen molar-refractivity contribution in [1.29, 1.82) is 0 Å². The van der Waals surface area contributed by atoms with Gasteiger partial charge in [0.05, 0.1) is 0 Å². The molecule has 1 rings (SSSR count). The number of thioether (sulfide) groups is 1. The Labute approximate surface area is 104 Å². The minimum absolute atomic E-state index is 0.458. The fraction of sp³-hybridized carbons (Fsp3) is 0.455. The van der Waals surface area contributed by atoms with Crippen molar-refractivity contribution in [2.45, 2.75) is 13.0 Å². The molecule has 1 aromatic rings. The lowest BCUT2D eigenvalue weighted by Crippen LogP contribution is -2.21. The number of halogens is 1. The van der Waals surface area contributed by atoms with Crippen LogP contribution in [0.15, 0.2) is 24.3 Å². The van der Waals surface area contributed by atoms with Gasteiger partial charge in [0.1, 0.15) is 0 Å². The first-order valence-corrected chi connectivity index (χ1v) is 7.19. The molecule has 0 heterocycles. The third-order valence-corrected chi connectivity index (χ3v) is 3.46. The van der Waals surface area contributed by atoms with Crippen molar-refractivity contribution in [2.24, 2.45) is 0 Å². The van der Waals surface area contributed by atoms with E-state index in [4.69, 9.17) is 0 Å². The molecule has 0 radical (unpaired) electrons. The predicted molar refractivity (Wildman–Crippen MR) is 74.0 cm³/mol. The summed E-state index contributed by atoms with van der Waals surface area (Å²) >= 11 is 4.21. The van der Waals surface area contributed by atoms with Crippen LogP contribution in [0.5, 0.6) is 0 Å². The highest BCUT2D eigenvalue weighted by atomic mass is 127. The highest BCUT2D eigenvalue weighted by Gasteiger charge is 2.02. The Hall–Kier alpha value is 0.260. The number of benzene rings is 1. The van der Waals surface area contributed by atoms with E-state index in [2.05, 4.69) is 65.4 Å². The van der Waals surface area contributed by atoms with Gasteiger partial charge in [-0.25, -0.2) is 0 Å². The van der Waals surface area contributed by atoms with Gasteiger partial charge < -0.3 is 5.32 Å². The van der Waals surface area contributed by atoms with Crippen molar-refractivity contribution in [3.8, 4) is 0 Å². The molecule has 1 unspecified atom stereocenters. The van der Waals surface area contributed by atoms with Gasteiger partial charge in [0.25, 0.3) is 0 Å². The smallest absolute Gasteiger partial charge is 0.0292 e. The molecule has 0 fully saturated rings. The molecule has 3 heteroatoms. The van der Waals surface area contributed by atoms with Crippen LogP contribution in [0, 0.1) is 3.57 Å². The van der Waals surface area contributed by atoms with Crippen LogP contribution >= 0.6 is 34.4 Å². The first-order chi connectivity index (χ1) is 6.74. The van der Waals surface area contributed by atoms with Gasteiger partial charge in [-0.05, 0) is 53.5 Å². The molecule has 78 valence electrons. The predicted octanol–water partition coefficient (Wildman–Crippen LogP) is 3.30. The van der Waals surface area contributed by atoms with E-state index in [-0.39, 0.29) is 0 Å². The van der Waals surface area contributed by atoms with Gasteiger partial charge >= 0.3 is 0 Å². The summed E-state index contributed by atoms with van der Waals surface area (Å²) in [5, 5.41) is 3.50. The van der Waals surface area contributed by atoms with E-state index in [0.717, 1.165) is 6.54 Å². The molecule has 1 N–H and O–H groups in total. The molecule has 0 aromatic heterocycles. The van der Waals surface area contributed by atoms with Crippen LogP contribution < -0.4 is 5.32 Å². The summed E-state index contributed by atoms with van der Waals surface area (Å²) in [6.45, 7) is 3.29. The first-order valence-electron chi connectivity index (χ1n) is 4.72. The standard InChI is InChI=1S/C11H16INS/c1-9(13-7-8-14-2)10-3-5-11(12)6-4-10/h3-6,9,13H,7-8H2,1-2H3. The molecule has 1 nitrogen and oxygen atoms in total. The molecule has 0 bridgehead atoms. The van der Waals surface area contributed by atoms with Crippen LogP contribution in [0.1, 0.15) is 18.5 Å². The molecule has 0 aliphatic heterocycles. The van der Waals surface area contributed by atoms with E-state index in [9.17, 15) is 0 Å². The van der Waals surface area contributed by atoms with Crippen molar-refractivity contribution in [2.75, 3.05) is 18.6 Å². The molecule has 0 spiro atoms. The zero-order valence-corrected chi connectivity index (χ0v) is 11.6. The van der Waals surface area contributed by atoms with E-state index >= 15 is 0 Å². The zero-order chi connectivity index (χ0) is 10.4. The molecule has 1 aromatic carbocycles. The summed E-state index contributed by atoms with van der Waals surface area (Å²) in [4.78, 5) is 0. The van der Waals surface area contributed by atoms with E-state index in [0.29, 0.717) is 6.04 Å². The third-order valence-electron chi connectivity index (χ3n) is 2.13. The topological polar surface area (TPSA) is 12.0 Å². The molecule has 14 heavy (non-hydrogen) atoms. The Morgan fingerprint density at radius 2 is 2.00 bits per heavy atom. The fourth-order valence-corrected chi connectivity index (χ4v) is 1.93. The Morgan fingerprint density at radius 1 is 1.36 bits per heavy atom. The maximum Gasteiger partial charge on any atom is 0.0292 e. The highest BCUT2D eigenvalue weighted by Crippen LogP contribution is 2.14. The van der Waals surface area contributed by atoms with Crippen LogP contribution in [0.25, 0.3) is 0 Å². The second-order valence-electron chi connectivity index (χ2n) is 3.22. The van der Waals surface area contributed by atoms with Crippen LogP contribution in [0.4, 0.5) is 0 Å². The Kier molecular flexibility index (Phi) is 5.89. The Balaban J connectivity index is 2.43. The Morgan fingerprint density at radius 3 is 2.57 bits per heavy atom. The Bertz CT molecular complexity index is 260. The van der Waals surface area contributed by atoms with Gasteiger partial charge in [-0.2, -0.15) is 11.8 Å². The maximum absolute atomic E-state index is 3.50. The summed E-state index contributed by atoms with van der Waals surface area (Å²) in [7, 11) is 0. The molecular formula is C11H16INS. The maximum atomic E-state index is 3.50. The molecule has 0 saturated carbocycles. The van der Waals surface area contributed by atoms with Gasteiger partial charge in [0.2, 0.25) is 0 Å². The number of hydrogen-bond acceptors (Lipinski definition) is 2. The second kappa shape index (κ2) is 6.69. The normalized spacial score (nSPS) is 12.8. The van der Waals surface area contributed by atoms with Crippen LogP contribution in [0.3, 0.4) is 0 Å². The second-order valence-corrected chi connectivity index (χ2v) is 5.45. The monoisotopic (exact) mass is 321 g/mol. The summed E-state index contributed by atoms with van der Waals surface area (Å²) < 4.78 is 1.29. The summed E-state index contributed by atoms with van der Waals surface area (Å²) in [6, 6.07) is 9.15. The number of nitrogens with one attached hydrogen (secondary N) is 1. The van der Waals surface area contributed by atoms with E-state index in [1.165, 1.54) is 14.9 Å². The molecule has 0 aliphatic rings. The largest absolute Gasteiger partial charge is 0.309 e. The average molecular weight is 321 g/mol. The lowest BCUT2D eigenvalue weighted by molar-refractivity contribution is 0.601. The van der Waals surface area contributed by atoms with Crippen molar-refractivity contribution in [3.63, 3.8) is 0 Å². The fourth-order valence-electron chi connectivity index (χ4n) is 1.25. The van der Waals surface area contributed by atoms with E-state index in [1.807, 2.05) is 11.8 Å². The number of rotatable bonds is 5. The zero-order valence-electron chi connectivity index (χ0n) is 8.59. The van der Waals surface area contributed by atoms with Crippen molar-refractivity contribution >= 4 is 34.4 Å². The minimum atomic E-state index is 0.458. The summed E-state index contributed by atoms with van der Waals surface area (Å²) in [5.74, 6) is 1.18. The van der Waals surface area contributed by atoms with Crippen molar-refractivity contribution < 1.29 is 0 Å². The molecule has 0 saturated heterocycles. The lowest BCUT2D eigenvalue weighted by Gasteiger charge is -2.13. The molecular weight excluding hydrogens is 305 g/mol. The van der Waals surface area contributed by atoms with E-state index in [1.54, 1.807) is 0 Å². The van der Waals surface area contributed by atoms with Gasteiger partial charge in [0.15, 0.2) is 0 Å². The third kappa shape index (κ3) is 4.19. The lowest BCUT2D eigenvalue weighted by atomic mass is 10.1. The quantitative estimate of drug-likeness (QED) is 0.660. The highest BCUT2D eigenvalue weighted by molar-refractivity contribution is 14.1. The van der Waals surface area contributed by atoms with Gasteiger partial charge in [-0.1, -0.05) is 12.1 Å².